The SMILES string of the molecule is COc1ccc(Br)cc1C=C(C#N)c1nn[nH]n1. The van der Waals surface area contributed by atoms with Crippen LogP contribution in [0.15, 0.2) is 22.7 Å². The molecule has 1 aromatic carbocycles. The van der Waals surface area contributed by atoms with Crippen LogP contribution in [0.1, 0.15) is 11.4 Å². The van der Waals surface area contributed by atoms with Gasteiger partial charge >= 0.3 is 0 Å². The maximum Gasteiger partial charge on any atom is 0.215 e. The first-order valence-corrected chi connectivity index (χ1v) is 5.73. The molecule has 1 aromatic heterocycles. The maximum absolute atomic E-state index is 9.10. The molecule has 1 heterocycles. The van der Waals surface area contributed by atoms with Gasteiger partial charge in [-0.05, 0) is 29.5 Å². The number of ether oxygens (including phenoxy) is 1. The smallest absolute Gasteiger partial charge is 0.215 e. The number of hydrogen-bond donors (Lipinski definition) is 1. The third-order valence-electron chi connectivity index (χ3n) is 2.20. The molecule has 0 saturated carbocycles. The number of halogens is 1. The van der Waals surface area contributed by atoms with Crippen molar-refractivity contribution in [2.45, 2.75) is 0 Å². The third kappa shape index (κ3) is 2.55. The average molecular weight is 306 g/mol. The minimum absolute atomic E-state index is 0.250. The Balaban J connectivity index is 2.49. The summed E-state index contributed by atoms with van der Waals surface area (Å²) in [5, 5.41) is 22.4. The van der Waals surface area contributed by atoms with Gasteiger partial charge < -0.3 is 4.74 Å². The number of nitriles is 1. The van der Waals surface area contributed by atoms with Crippen molar-refractivity contribution in [3.05, 3.63) is 34.1 Å². The van der Waals surface area contributed by atoms with Crippen LogP contribution in [0.3, 0.4) is 0 Å². The van der Waals surface area contributed by atoms with Crippen molar-refractivity contribution >= 4 is 27.6 Å². The number of methoxy groups -OCH3 is 1. The molecule has 0 radical (unpaired) electrons. The van der Waals surface area contributed by atoms with Crippen molar-refractivity contribution < 1.29 is 4.74 Å². The van der Waals surface area contributed by atoms with Crippen LogP contribution >= 0.6 is 15.9 Å². The Morgan fingerprint density at radius 3 is 3.00 bits per heavy atom. The number of nitrogens with one attached hydrogen (secondary N) is 1. The number of hydrogen-bond acceptors (Lipinski definition) is 5. The number of nitrogens with zero attached hydrogens (tertiary/aromatic N) is 4. The summed E-state index contributed by atoms with van der Waals surface area (Å²) in [5.74, 6) is 0.911. The summed E-state index contributed by atoms with van der Waals surface area (Å²) >= 11 is 3.37. The highest BCUT2D eigenvalue weighted by Crippen LogP contribution is 2.26. The molecule has 0 atom stereocenters. The quantitative estimate of drug-likeness (QED) is 0.877. The molecule has 90 valence electrons. The van der Waals surface area contributed by atoms with Crippen molar-refractivity contribution in [1.82, 2.24) is 20.6 Å². The Morgan fingerprint density at radius 1 is 1.56 bits per heavy atom. The summed E-state index contributed by atoms with van der Waals surface area (Å²) < 4.78 is 6.11. The normalized spacial score (nSPS) is 11.1. The van der Waals surface area contributed by atoms with Gasteiger partial charge in [-0.25, -0.2) is 0 Å². The first kappa shape index (κ1) is 12.3. The van der Waals surface area contributed by atoms with Gasteiger partial charge in [-0.15, -0.1) is 10.2 Å². The van der Waals surface area contributed by atoms with E-state index in [0.29, 0.717) is 11.3 Å². The summed E-state index contributed by atoms with van der Waals surface area (Å²) in [4.78, 5) is 0. The lowest BCUT2D eigenvalue weighted by molar-refractivity contribution is 0.414. The minimum atomic E-state index is 0.250. The molecule has 18 heavy (non-hydrogen) atoms. The fourth-order valence-electron chi connectivity index (χ4n) is 1.40. The Labute approximate surface area is 111 Å². The molecule has 0 fully saturated rings. The van der Waals surface area contributed by atoms with Crippen LogP contribution in [-0.4, -0.2) is 27.7 Å². The largest absolute Gasteiger partial charge is 0.496 e. The molecule has 7 heteroatoms. The van der Waals surface area contributed by atoms with E-state index in [9.17, 15) is 0 Å². The molecule has 6 nitrogen and oxygen atoms in total. The fraction of sp³-hybridized carbons (Fsp3) is 0.0909. The summed E-state index contributed by atoms with van der Waals surface area (Å²) in [6.07, 6.45) is 1.65. The van der Waals surface area contributed by atoms with Gasteiger partial charge in [-0.1, -0.05) is 15.9 Å². The van der Waals surface area contributed by atoms with E-state index < -0.39 is 0 Å². The molecule has 0 aliphatic rings. The zero-order valence-electron chi connectivity index (χ0n) is 9.38. The van der Waals surface area contributed by atoms with Crippen LogP contribution in [0, 0.1) is 11.3 Å². The predicted molar refractivity (Wildman–Crippen MR) is 68.4 cm³/mol. The second-order valence-corrected chi connectivity index (χ2v) is 4.21. The highest BCUT2D eigenvalue weighted by Gasteiger charge is 2.08. The number of benzene rings is 1. The number of aromatic nitrogens is 4. The molecule has 2 rings (SSSR count). The second-order valence-electron chi connectivity index (χ2n) is 3.29. The highest BCUT2D eigenvalue weighted by molar-refractivity contribution is 9.10. The van der Waals surface area contributed by atoms with E-state index in [-0.39, 0.29) is 5.82 Å². The zero-order chi connectivity index (χ0) is 13.0. The van der Waals surface area contributed by atoms with Gasteiger partial charge in [0.2, 0.25) is 5.82 Å². The molecule has 0 saturated heterocycles. The third-order valence-corrected chi connectivity index (χ3v) is 2.69. The number of rotatable bonds is 3. The van der Waals surface area contributed by atoms with Crippen molar-refractivity contribution in [2.24, 2.45) is 0 Å². The van der Waals surface area contributed by atoms with E-state index in [1.807, 2.05) is 18.2 Å². The van der Waals surface area contributed by atoms with Gasteiger partial charge in [-0.2, -0.15) is 10.5 Å². The van der Waals surface area contributed by atoms with Gasteiger partial charge in [0.1, 0.15) is 17.4 Å². The molecule has 2 aromatic rings. The van der Waals surface area contributed by atoms with Gasteiger partial charge in [0.15, 0.2) is 0 Å². The van der Waals surface area contributed by atoms with Gasteiger partial charge in [-0.3, -0.25) is 0 Å². The maximum atomic E-state index is 9.10. The summed E-state index contributed by atoms with van der Waals surface area (Å²) in [7, 11) is 1.57. The number of H-pyrrole nitrogens is 1. The predicted octanol–water partition coefficient (Wildman–Crippen LogP) is 2.03. The Morgan fingerprint density at radius 2 is 2.39 bits per heavy atom. The van der Waals surface area contributed by atoms with Crippen LogP contribution in [-0.2, 0) is 0 Å². The number of aromatic amines is 1. The standard InChI is InChI=1S/C11H8BrN5O/c1-18-10-3-2-9(12)5-7(10)4-8(6-13)11-14-16-17-15-11/h2-5H,1H3,(H,14,15,16,17). The topological polar surface area (TPSA) is 87.5 Å². The van der Waals surface area contributed by atoms with Crippen molar-refractivity contribution in [2.75, 3.05) is 7.11 Å². The van der Waals surface area contributed by atoms with Gasteiger partial charge in [0, 0.05) is 10.0 Å². The molecule has 0 aliphatic carbocycles. The van der Waals surface area contributed by atoms with Crippen LogP contribution < -0.4 is 4.74 Å². The van der Waals surface area contributed by atoms with Crippen LogP contribution in [0.25, 0.3) is 11.6 Å². The van der Waals surface area contributed by atoms with E-state index in [0.717, 1.165) is 10.0 Å². The molecule has 0 spiro atoms. The van der Waals surface area contributed by atoms with Crippen LogP contribution in [0.4, 0.5) is 0 Å². The Hall–Kier alpha value is -2.20. The molecule has 0 unspecified atom stereocenters. The fourth-order valence-corrected chi connectivity index (χ4v) is 1.78. The van der Waals surface area contributed by atoms with Gasteiger partial charge in [0.25, 0.3) is 0 Å². The summed E-state index contributed by atoms with van der Waals surface area (Å²) in [6.45, 7) is 0. The van der Waals surface area contributed by atoms with Crippen LogP contribution in [0.5, 0.6) is 5.75 Å². The van der Waals surface area contributed by atoms with Crippen molar-refractivity contribution in [3.8, 4) is 11.8 Å². The molecule has 0 bridgehead atoms. The molecular formula is C11H8BrN5O. The first-order valence-electron chi connectivity index (χ1n) is 4.93. The zero-order valence-corrected chi connectivity index (χ0v) is 11.0. The lowest BCUT2D eigenvalue weighted by Crippen LogP contribution is -1.89. The van der Waals surface area contributed by atoms with E-state index in [2.05, 4.69) is 36.6 Å². The van der Waals surface area contributed by atoms with Gasteiger partial charge in [0.05, 0.1) is 7.11 Å². The van der Waals surface area contributed by atoms with E-state index >= 15 is 0 Å². The molecular weight excluding hydrogens is 298 g/mol. The Bertz CT molecular complexity index is 615. The number of allylic oxidation sites excluding steroid dienone is 1. The lowest BCUT2D eigenvalue weighted by atomic mass is 10.1. The highest BCUT2D eigenvalue weighted by atomic mass is 79.9. The first-order chi connectivity index (χ1) is 8.74. The number of tetrazole rings is 1. The molecule has 0 aliphatic heterocycles. The Kier molecular flexibility index (Phi) is 3.69. The van der Waals surface area contributed by atoms with Crippen LogP contribution in [0.2, 0.25) is 0 Å². The van der Waals surface area contributed by atoms with E-state index in [1.165, 1.54) is 0 Å². The summed E-state index contributed by atoms with van der Waals surface area (Å²) in [5.41, 5.74) is 1.06. The van der Waals surface area contributed by atoms with Crippen molar-refractivity contribution in [1.29, 1.82) is 5.26 Å². The van der Waals surface area contributed by atoms with E-state index in [4.69, 9.17) is 10.00 Å². The minimum Gasteiger partial charge on any atom is -0.496 e. The molecule has 1 N–H and O–H groups in total. The van der Waals surface area contributed by atoms with Crippen molar-refractivity contribution in [3.63, 3.8) is 0 Å². The lowest BCUT2D eigenvalue weighted by Gasteiger charge is -2.05. The second kappa shape index (κ2) is 5.42. The monoisotopic (exact) mass is 305 g/mol. The summed E-state index contributed by atoms with van der Waals surface area (Å²) in [6, 6.07) is 7.54. The average Bonchev–Trinajstić information content (AvgIpc) is 2.90. The van der Waals surface area contributed by atoms with E-state index in [1.54, 1.807) is 19.3 Å². The molecule has 0 amide bonds.